The van der Waals surface area contributed by atoms with E-state index >= 15 is 0 Å². The SMILES string of the molecule is [C-]#[N+]c1ccc(/C(O)=C/C(=O)C2(C(F)(F)F)C(F)(F)C(F)(F)C(F)(F)C2(F)F)cc1Cl. The third-order valence-electron chi connectivity index (χ3n) is 4.55. The molecule has 0 atom stereocenters. The van der Waals surface area contributed by atoms with Crippen molar-refractivity contribution in [2.45, 2.75) is 29.9 Å². The highest BCUT2D eigenvalue weighted by molar-refractivity contribution is 6.33. The molecule has 2 rings (SSSR count). The van der Waals surface area contributed by atoms with Crippen molar-refractivity contribution in [1.82, 2.24) is 0 Å². The van der Waals surface area contributed by atoms with Gasteiger partial charge in [0, 0.05) is 16.7 Å². The molecule has 31 heavy (non-hydrogen) atoms. The van der Waals surface area contributed by atoms with Crippen LogP contribution < -0.4 is 0 Å². The molecule has 0 aromatic heterocycles. The molecular formula is C16H5ClF11NO2. The van der Waals surface area contributed by atoms with Crippen LogP contribution in [0.15, 0.2) is 24.3 Å². The van der Waals surface area contributed by atoms with Gasteiger partial charge in [0.25, 0.3) is 5.41 Å². The number of allylic oxidation sites excluding steroid dienone is 1. The number of hydrogen-bond acceptors (Lipinski definition) is 2. The molecule has 1 N–H and O–H groups in total. The zero-order valence-electron chi connectivity index (χ0n) is 14.1. The van der Waals surface area contributed by atoms with E-state index in [0.29, 0.717) is 12.1 Å². The first kappa shape index (κ1) is 24.7. The number of hydrogen-bond donors (Lipinski definition) is 1. The first-order valence-corrected chi connectivity index (χ1v) is 7.84. The van der Waals surface area contributed by atoms with Crippen molar-refractivity contribution in [3.05, 3.63) is 46.3 Å². The van der Waals surface area contributed by atoms with E-state index < -0.39 is 63.5 Å². The van der Waals surface area contributed by atoms with E-state index in [2.05, 4.69) is 4.85 Å². The topological polar surface area (TPSA) is 41.7 Å². The Kier molecular flexibility index (Phi) is 5.35. The first-order chi connectivity index (χ1) is 13.8. The van der Waals surface area contributed by atoms with Gasteiger partial charge >= 0.3 is 29.9 Å². The summed E-state index contributed by atoms with van der Waals surface area (Å²) in [6.45, 7) is 6.72. The largest absolute Gasteiger partial charge is 0.507 e. The van der Waals surface area contributed by atoms with Gasteiger partial charge in [0.15, 0.2) is 5.78 Å². The number of rotatable bonds is 3. The van der Waals surface area contributed by atoms with E-state index in [9.17, 15) is 58.2 Å². The summed E-state index contributed by atoms with van der Waals surface area (Å²) < 4.78 is 150. The monoisotopic (exact) mass is 487 g/mol. The molecule has 1 aromatic carbocycles. The highest BCUT2D eigenvalue weighted by atomic mass is 35.5. The van der Waals surface area contributed by atoms with Gasteiger partial charge < -0.3 is 5.11 Å². The second-order valence-corrected chi connectivity index (χ2v) is 6.62. The maximum absolute atomic E-state index is 14.0. The van der Waals surface area contributed by atoms with Crippen molar-refractivity contribution in [3.63, 3.8) is 0 Å². The van der Waals surface area contributed by atoms with E-state index in [1.165, 1.54) is 0 Å². The van der Waals surface area contributed by atoms with Crippen LogP contribution in [-0.2, 0) is 4.79 Å². The number of carbonyl (C=O) groups is 1. The van der Waals surface area contributed by atoms with Crippen molar-refractivity contribution < 1.29 is 58.2 Å². The van der Waals surface area contributed by atoms with Gasteiger partial charge in [0.05, 0.1) is 6.57 Å². The number of carbonyl (C=O) groups excluding carboxylic acids is 1. The molecule has 0 amide bonds. The summed E-state index contributed by atoms with van der Waals surface area (Å²) >= 11 is 5.55. The van der Waals surface area contributed by atoms with Crippen molar-refractivity contribution in [2.75, 3.05) is 0 Å². The second-order valence-electron chi connectivity index (χ2n) is 6.22. The van der Waals surface area contributed by atoms with E-state index in [1.54, 1.807) is 0 Å². The minimum absolute atomic E-state index is 0.301. The van der Waals surface area contributed by atoms with Crippen molar-refractivity contribution >= 4 is 28.8 Å². The van der Waals surface area contributed by atoms with Crippen LogP contribution in [0.1, 0.15) is 5.56 Å². The number of aliphatic hydroxyl groups excluding tert-OH is 1. The lowest BCUT2D eigenvalue weighted by atomic mass is 9.74. The predicted molar refractivity (Wildman–Crippen MR) is 81.6 cm³/mol. The third-order valence-corrected chi connectivity index (χ3v) is 4.85. The molecule has 1 saturated carbocycles. The molecule has 1 fully saturated rings. The van der Waals surface area contributed by atoms with Crippen LogP contribution in [0.5, 0.6) is 0 Å². The number of nitrogens with zero attached hydrogens (tertiary/aromatic N) is 1. The van der Waals surface area contributed by atoms with Crippen molar-refractivity contribution in [2.24, 2.45) is 5.41 Å². The molecule has 0 bridgehead atoms. The Morgan fingerprint density at radius 3 is 1.77 bits per heavy atom. The Balaban J connectivity index is 2.81. The summed E-state index contributed by atoms with van der Waals surface area (Å²) in [5.74, 6) is -34.7. The molecule has 1 aromatic rings. The minimum Gasteiger partial charge on any atom is -0.507 e. The second kappa shape index (κ2) is 6.72. The lowest BCUT2D eigenvalue weighted by Crippen LogP contribution is -2.64. The lowest BCUT2D eigenvalue weighted by Gasteiger charge is -2.37. The average molecular weight is 488 g/mol. The number of aliphatic hydroxyl groups is 1. The molecule has 3 nitrogen and oxygen atoms in total. The fraction of sp³-hybridized carbons (Fsp3) is 0.375. The van der Waals surface area contributed by atoms with Gasteiger partial charge in [-0.3, -0.25) is 4.79 Å². The molecule has 170 valence electrons. The fourth-order valence-corrected chi connectivity index (χ4v) is 3.16. The van der Waals surface area contributed by atoms with Crippen LogP contribution in [-0.4, -0.2) is 40.8 Å². The van der Waals surface area contributed by atoms with Gasteiger partial charge in [-0.2, -0.15) is 48.3 Å². The van der Waals surface area contributed by atoms with Crippen LogP contribution in [0.3, 0.4) is 0 Å². The Labute approximate surface area is 169 Å². The molecular weight excluding hydrogens is 483 g/mol. The zero-order valence-corrected chi connectivity index (χ0v) is 14.9. The number of alkyl halides is 11. The van der Waals surface area contributed by atoms with Gasteiger partial charge in [0.2, 0.25) is 5.69 Å². The van der Waals surface area contributed by atoms with Gasteiger partial charge in [-0.25, -0.2) is 4.85 Å². The molecule has 0 saturated heterocycles. The molecule has 1 aliphatic carbocycles. The van der Waals surface area contributed by atoms with Gasteiger partial charge in [-0.05, 0) is 6.07 Å². The molecule has 0 aliphatic heterocycles. The van der Waals surface area contributed by atoms with E-state index in [1.807, 2.05) is 0 Å². The molecule has 0 spiro atoms. The minimum atomic E-state index is -7.33. The van der Waals surface area contributed by atoms with Crippen molar-refractivity contribution in [3.8, 4) is 0 Å². The van der Waals surface area contributed by atoms with Crippen LogP contribution in [0.4, 0.5) is 54.0 Å². The summed E-state index contributed by atoms with van der Waals surface area (Å²) in [5.41, 5.74) is -8.02. The maximum Gasteiger partial charge on any atom is 0.414 e. The smallest absolute Gasteiger partial charge is 0.414 e. The Morgan fingerprint density at radius 1 is 0.968 bits per heavy atom. The average Bonchev–Trinajstić information content (AvgIpc) is 2.65. The quantitative estimate of drug-likeness (QED) is 0.230. The van der Waals surface area contributed by atoms with Crippen LogP contribution in [0.25, 0.3) is 10.6 Å². The molecule has 0 unspecified atom stereocenters. The van der Waals surface area contributed by atoms with Gasteiger partial charge in [-0.15, -0.1) is 0 Å². The van der Waals surface area contributed by atoms with Gasteiger partial charge in [-0.1, -0.05) is 23.7 Å². The Hall–Kier alpha value is -2.56. The summed E-state index contributed by atoms with van der Waals surface area (Å²) in [6, 6.07) is 2.06. The summed E-state index contributed by atoms with van der Waals surface area (Å²) in [7, 11) is 0. The standard InChI is InChI=1S/C16H5ClF11NO2/c1-29-8-3-2-6(4-7(8)17)9(30)5-10(31)11(16(26,27)28)12(18,19)14(22,23)15(24,25)13(11,20)21/h2-5,30H/b9-5-. The van der Waals surface area contributed by atoms with E-state index in [4.69, 9.17) is 18.2 Å². The number of halogens is 12. The van der Waals surface area contributed by atoms with Crippen LogP contribution >= 0.6 is 11.6 Å². The summed E-state index contributed by atoms with van der Waals surface area (Å²) in [4.78, 5) is 14.8. The lowest BCUT2D eigenvalue weighted by molar-refractivity contribution is -0.341. The molecule has 1 aliphatic rings. The number of ketones is 1. The van der Waals surface area contributed by atoms with Gasteiger partial charge in [0.1, 0.15) is 5.76 Å². The van der Waals surface area contributed by atoms with E-state index in [0.717, 1.165) is 6.07 Å². The number of benzene rings is 1. The molecule has 15 heteroatoms. The molecule has 0 heterocycles. The predicted octanol–water partition coefficient (Wildman–Crippen LogP) is 6.46. The van der Waals surface area contributed by atoms with Crippen molar-refractivity contribution in [1.29, 1.82) is 0 Å². The zero-order chi connectivity index (χ0) is 24.4. The highest BCUT2D eigenvalue weighted by Crippen LogP contribution is 2.75. The summed E-state index contributed by atoms with van der Waals surface area (Å²) in [5, 5.41) is 9.19. The van der Waals surface area contributed by atoms with E-state index in [-0.39, 0.29) is 5.69 Å². The third kappa shape index (κ3) is 2.74. The molecule has 0 radical (unpaired) electrons. The Morgan fingerprint density at radius 2 is 1.42 bits per heavy atom. The fourth-order valence-electron chi connectivity index (χ4n) is 2.94. The summed E-state index contributed by atoms with van der Waals surface area (Å²) in [6.07, 6.45) is -8.29. The maximum atomic E-state index is 14.0. The normalized spacial score (nSPS) is 23.3. The van der Waals surface area contributed by atoms with Crippen LogP contribution in [0.2, 0.25) is 5.02 Å². The Bertz CT molecular complexity index is 982. The van der Waals surface area contributed by atoms with Crippen LogP contribution in [0, 0.1) is 12.0 Å². The highest BCUT2D eigenvalue weighted by Gasteiger charge is 3.06. The first-order valence-electron chi connectivity index (χ1n) is 7.46.